The number of ether oxygens (including phenoxy) is 1. The number of para-hydroxylation sites is 1. The van der Waals surface area contributed by atoms with Crippen molar-refractivity contribution >= 4 is 5.91 Å². The highest BCUT2D eigenvalue weighted by Crippen LogP contribution is 2.24. The van der Waals surface area contributed by atoms with Gasteiger partial charge in [0.05, 0.1) is 5.56 Å². The lowest BCUT2D eigenvalue weighted by Gasteiger charge is -2.11. The molecule has 4 rings (SSSR count). The van der Waals surface area contributed by atoms with Gasteiger partial charge in [-0.25, -0.2) is 4.98 Å². The van der Waals surface area contributed by atoms with Gasteiger partial charge in [0.2, 0.25) is 5.89 Å². The number of carbonyl (C=O) groups is 1. The fraction of sp³-hybridized carbons (Fsp3) is 0.120. The second kappa shape index (κ2) is 9.09. The van der Waals surface area contributed by atoms with Crippen LogP contribution in [0, 0.1) is 6.92 Å². The lowest BCUT2D eigenvalue weighted by molar-refractivity contribution is 0.0946. The molecule has 0 aliphatic heterocycles. The second-order valence-corrected chi connectivity index (χ2v) is 6.84. The Kier molecular flexibility index (Phi) is 5.90. The monoisotopic (exact) mass is 398 g/mol. The molecule has 0 bridgehead atoms. The van der Waals surface area contributed by atoms with E-state index in [-0.39, 0.29) is 12.5 Å². The molecule has 3 aromatic carbocycles. The molecule has 0 unspecified atom stereocenters. The minimum Gasteiger partial charge on any atom is -0.486 e. The molecule has 5 nitrogen and oxygen atoms in total. The van der Waals surface area contributed by atoms with E-state index in [9.17, 15) is 4.79 Å². The summed E-state index contributed by atoms with van der Waals surface area (Å²) in [6, 6.07) is 26.7. The molecular formula is C25H22N2O3. The van der Waals surface area contributed by atoms with Crippen LogP contribution in [0.25, 0.3) is 11.5 Å². The Morgan fingerprint density at radius 2 is 1.60 bits per heavy atom. The first-order chi connectivity index (χ1) is 14.7. The van der Waals surface area contributed by atoms with Gasteiger partial charge in [0.1, 0.15) is 23.8 Å². The number of oxazole rings is 1. The molecule has 5 heteroatoms. The van der Waals surface area contributed by atoms with Gasteiger partial charge in [-0.15, -0.1) is 0 Å². The van der Waals surface area contributed by atoms with Gasteiger partial charge in [0, 0.05) is 12.1 Å². The largest absolute Gasteiger partial charge is 0.486 e. The highest BCUT2D eigenvalue weighted by atomic mass is 16.5. The highest BCUT2D eigenvalue weighted by Gasteiger charge is 2.15. The molecule has 1 N–H and O–H groups in total. The Hall–Kier alpha value is -3.86. The van der Waals surface area contributed by atoms with E-state index in [0.717, 1.165) is 11.1 Å². The van der Waals surface area contributed by atoms with E-state index in [4.69, 9.17) is 9.15 Å². The number of amides is 1. The molecule has 0 spiro atoms. The second-order valence-electron chi connectivity index (χ2n) is 6.84. The molecule has 0 fully saturated rings. The third-order valence-electron chi connectivity index (χ3n) is 4.71. The van der Waals surface area contributed by atoms with Crippen molar-refractivity contribution in [2.45, 2.75) is 20.1 Å². The van der Waals surface area contributed by atoms with Gasteiger partial charge in [0.25, 0.3) is 5.91 Å². The van der Waals surface area contributed by atoms with E-state index in [2.05, 4.69) is 10.3 Å². The quantitative estimate of drug-likeness (QED) is 0.467. The molecule has 0 aliphatic carbocycles. The number of aryl methyl sites for hydroxylation is 1. The van der Waals surface area contributed by atoms with Crippen molar-refractivity contribution < 1.29 is 13.9 Å². The smallest absolute Gasteiger partial charge is 0.255 e. The molecular weight excluding hydrogens is 376 g/mol. The summed E-state index contributed by atoms with van der Waals surface area (Å²) in [6.45, 7) is 2.53. The standard InChI is InChI=1S/C25H22N2O3/c1-18-22(27-25(30-18)20-12-6-3-7-13-20)17-29-23-15-9-8-14-21(23)24(28)26-16-19-10-4-2-5-11-19/h2-15H,16-17H2,1H3,(H,26,28). The van der Waals surface area contributed by atoms with Crippen molar-refractivity contribution in [1.29, 1.82) is 0 Å². The SMILES string of the molecule is Cc1oc(-c2ccccc2)nc1COc1ccccc1C(=O)NCc1ccccc1. The number of hydrogen-bond donors (Lipinski definition) is 1. The van der Waals surface area contributed by atoms with E-state index >= 15 is 0 Å². The van der Waals surface area contributed by atoms with Crippen molar-refractivity contribution in [3.05, 3.63) is 108 Å². The Labute approximate surface area is 175 Å². The zero-order chi connectivity index (χ0) is 20.8. The van der Waals surface area contributed by atoms with Crippen LogP contribution in [-0.4, -0.2) is 10.9 Å². The summed E-state index contributed by atoms with van der Waals surface area (Å²) in [5.74, 6) is 1.57. The first kappa shape index (κ1) is 19.5. The number of nitrogens with one attached hydrogen (secondary N) is 1. The van der Waals surface area contributed by atoms with Crippen LogP contribution in [-0.2, 0) is 13.2 Å². The number of nitrogens with zero attached hydrogens (tertiary/aromatic N) is 1. The summed E-state index contributed by atoms with van der Waals surface area (Å²) in [5.41, 5.74) is 3.13. The molecule has 0 saturated heterocycles. The Bertz CT molecular complexity index is 1120. The zero-order valence-corrected chi connectivity index (χ0v) is 16.7. The summed E-state index contributed by atoms with van der Waals surface area (Å²) >= 11 is 0. The highest BCUT2D eigenvalue weighted by molar-refractivity contribution is 5.96. The summed E-state index contributed by atoms with van der Waals surface area (Å²) in [7, 11) is 0. The van der Waals surface area contributed by atoms with E-state index in [0.29, 0.717) is 35.2 Å². The fourth-order valence-corrected chi connectivity index (χ4v) is 3.07. The first-order valence-electron chi connectivity index (χ1n) is 9.76. The normalized spacial score (nSPS) is 10.6. The van der Waals surface area contributed by atoms with Gasteiger partial charge < -0.3 is 14.5 Å². The summed E-state index contributed by atoms with van der Waals surface area (Å²) in [6.07, 6.45) is 0. The third-order valence-corrected chi connectivity index (χ3v) is 4.71. The van der Waals surface area contributed by atoms with Crippen molar-refractivity contribution in [2.24, 2.45) is 0 Å². The fourth-order valence-electron chi connectivity index (χ4n) is 3.07. The van der Waals surface area contributed by atoms with Crippen LogP contribution >= 0.6 is 0 Å². The van der Waals surface area contributed by atoms with Gasteiger partial charge in [-0.3, -0.25) is 4.79 Å². The van der Waals surface area contributed by atoms with Gasteiger partial charge >= 0.3 is 0 Å². The summed E-state index contributed by atoms with van der Waals surface area (Å²) in [5, 5.41) is 2.94. The lowest BCUT2D eigenvalue weighted by atomic mass is 10.1. The Morgan fingerprint density at radius 3 is 2.37 bits per heavy atom. The predicted molar refractivity (Wildman–Crippen MR) is 115 cm³/mol. The van der Waals surface area contributed by atoms with Gasteiger partial charge in [0.15, 0.2) is 0 Å². The van der Waals surface area contributed by atoms with Crippen LogP contribution in [0.3, 0.4) is 0 Å². The minimum atomic E-state index is -0.184. The number of rotatable bonds is 7. The first-order valence-corrected chi connectivity index (χ1v) is 9.76. The maximum absolute atomic E-state index is 12.7. The number of hydrogen-bond acceptors (Lipinski definition) is 4. The Balaban J connectivity index is 1.44. The van der Waals surface area contributed by atoms with E-state index < -0.39 is 0 Å². The predicted octanol–water partition coefficient (Wildman–Crippen LogP) is 5.16. The van der Waals surface area contributed by atoms with E-state index in [1.165, 1.54) is 0 Å². The zero-order valence-electron chi connectivity index (χ0n) is 16.7. The lowest BCUT2D eigenvalue weighted by Crippen LogP contribution is -2.23. The van der Waals surface area contributed by atoms with Gasteiger partial charge in [-0.2, -0.15) is 0 Å². The van der Waals surface area contributed by atoms with Gasteiger partial charge in [-0.1, -0.05) is 60.7 Å². The average Bonchev–Trinajstić information content (AvgIpc) is 3.18. The molecule has 1 amide bonds. The molecule has 1 aromatic heterocycles. The maximum Gasteiger partial charge on any atom is 0.255 e. The van der Waals surface area contributed by atoms with E-state index in [1.54, 1.807) is 12.1 Å². The number of carbonyl (C=O) groups excluding carboxylic acids is 1. The third kappa shape index (κ3) is 4.58. The van der Waals surface area contributed by atoms with E-state index in [1.807, 2.05) is 79.7 Å². The summed E-state index contributed by atoms with van der Waals surface area (Å²) in [4.78, 5) is 17.2. The van der Waals surface area contributed by atoms with Crippen molar-refractivity contribution in [3.8, 4) is 17.2 Å². The van der Waals surface area contributed by atoms with Crippen LogP contribution in [0.4, 0.5) is 0 Å². The number of aromatic nitrogens is 1. The van der Waals surface area contributed by atoms with Crippen molar-refractivity contribution in [1.82, 2.24) is 10.3 Å². The molecule has 0 radical (unpaired) electrons. The number of benzene rings is 3. The molecule has 4 aromatic rings. The van der Waals surface area contributed by atoms with Crippen LogP contribution < -0.4 is 10.1 Å². The van der Waals surface area contributed by atoms with Crippen LogP contribution in [0.2, 0.25) is 0 Å². The average molecular weight is 398 g/mol. The van der Waals surface area contributed by atoms with Crippen molar-refractivity contribution in [2.75, 3.05) is 0 Å². The molecule has 1 heterocycles. The minimum absolute atomic E-state index is 0.184. The topological polar surface area (TPSA) is 64.4 Å². The molecule has 30 heavy (non-hydrogen) atoms. The molecule has 150 valence electrons. The van der Waals surface area contributed by atoms with Gasteiger partial charge in [-0.05, 0) is 36.8 Å². The molecule has 0 aliphatic rings. The van der Waals surface area contributed by atoms with Crippen LogP contribution in [0.15, 0.2) is 89.3 Å². The molecule has 0 saturated carbocycles. The summed E-state index contributed by atoms with van der Waals surface area (Å²) < 4.78 is 11.7. The van der Waals surface area contributed by atoms with Crippen LogP contribution in [0.1, 0.15) is 27.4 Å². The Morgan fingerprint density at radius 1 is 0.933 bits per heavy atom. The molecule has 0 atom stereocenters. The maximum atomic E-state index is 12.7. The van der Waals surface area contributed by atoms with Crippen molar-refractivity contribution in [3.63, 3.8) is 0 Å². The van der Waals surface area contributed by atoms with Crippen LogP contribution in [0.5, 0.6) is 5.75 Å².